The van der Waals surface area contributed by atoms with E-state index >= 15 is 0 Å². The molecule has 2 aromatic carbocycles. The molecule has 1 aromatic heterocycles. The number of aliphatic hydroxyl groups excluding tert-OH is 1. The molecule has 0 aliphatic carbocycles. The molecule has 0 aliphatic rings. The van der Waals surface area contributed by atoms with Crippen LogP contribution in [-0.2, 0) is 24.9 Å². The normalized spacial score (nSPS) is 10.6. The molecule has 0 aliphatic heterocycles. The Morgan fingerprint density at radius 3 is 2.31 bits per heavy atom. The van der Waals surface area contributed by atoms with Crippen LogP contribution >= 0.6 is 0 Å². The van der Waals surface area contributed by atoms with Crippen LogP contribution in [0.15, 0.2) is 48.2 Å². The molecule has 0 saturated carbocycles. The summed E-state index contributed by atoms with van der Waals surface area (Å²) in [6.45, 7) is 9.12. The number of pyridine rings is 1. The van der Waals surface area contributed by atoms with Crippen LogP contribution < -0.4 is 4.74 Å². The van der Waals surface area contributed by atoms with E-state index in [1.165, 1.54) is 31.1 Å². The minimum absolute atomic E-state index is 0. The van der Waals surface area contributed by atoms with Gasteiger partial charge in [0, 0.05) is 31.6 Å². The maximum Gasteiger partial charge on any atom is 0.155 e. The molecule has 0 fully saturated rings. The molecule has 1 radical (unpaired) electrons. The molecule has 155 valence electrons. The summed E-state index contributed by atoms with van der Waals surface area (Å²) in [6.07, 6.45) is 1.17. The summed E-state index contributed by atoms with van der Waals surface area (Å²) in [5.41, 5.74) is 6.57. The number of methoxy groups -OCH3 is 1. The Balaban J connectivity index is 0.000000456. The zero-order valence-corrected chi connectivity index (χ0v) is 20.0. The maximum atomic E-state index is 10.0. The molecular weight excluding hydrogens is 542 g/mol. The Kier molecular flexibility index (Phi) is 9.22. The second-order valence-electron chi connectivity index (χ2n) is 6.86. The van der Waals surface area contributed by atoms with Crippen molar-refractivity contribution in [1.29, 1.82) is 0 Å². The molecule has 1 N–H and O–H groups in total. The minimum atomic E-state index is -0.125. The number of nitrogens with zero attached hydrogens (tertiary/aromatic N) is 1. The number of rotatable bonds is 3. The van der Waals surface area contributed by atoms with Crippen molar-refractivity contribution < 1.29 is 34.7 Å². The molecule has 1 heterocycles. The Labute approximate surface area is 186 Å². The third-order valence-corrected chi connectivity index (χ3v) is 4.06. The van der Waals surface area contributed by atoms with Gasteiger partial charge in [0.1, 0.15) is 5.75 Å². The number of carbonyl (C=O) groups is 1. The number of aryl methyl sites for hydroxylation is 3. The quantitative estimate of drug-likeness (QED) is 0.251. The van der Waals surface area contributed by atoms with E-state index in [1.54, 1.807) is 7.11 Å². The van der Waals surface area contributed by atoms with Crippen LogP contribution in [0.4, 0.5) is 0 Å². The average molecular weight is 569 g/mol. The fourth-order valence-corrected chi connectivity index (χ4v) is 2.97. The molecule has 0 amide bonds. The second kappa shape index (κ2) is 10.9. The summed E-state index contributed by atoms with van der Waals surface area (Å²) in [5, 5.41) is 9.49. The van der Waals surface area contributed by atoms with Crippen LogP contribution in [0.1, 0.15) is 30.5 Å². The van der Waals surface area contributed by atoms with Crippen molar-refractivity contribution >= 4 is 16.7 Å². The molecule has 0 atom stereocenters. The van der Waals surface area contributed by atoms with Crippen molar-refractivity contribution in [3.8, 4) is 17.0 Å². The largest absolute Gasteiger partial charge is 0.512 e. The van der Waals surface area contributed by atoms with Crippen molar-refractivity contribution in [2.24, 2.45) is 0 Å². The molecule has 5 heteroatoms. The van der Waals surface area contributed by atoms with E-state index in [0.29, 0.717) is 0 Å². The van der Waals surface area contributed by atoms with Gasteiger partial charge in [0.15, 0.2) is 5.78 Å². The number of ether oxygens (including phenoxy) is 1. The molecule has 3 aromatic rings. The van der Waals surface area contributed by atoms with Crippen LogP contribution in [0.2, 0.25) is 0 Å². The monoisotopic (exact) mass is 569 g/mol. The minimum Gasteiger partial charge on any atom is -0.512 e. The number of aliphatic hydroxyl groups is 1. The van der Waals surface area contributed by atoms with E-state index in [9.17, 15) is 4.79 Å². The molecule has 0 unspecified atom stereocenters. The van der Waals surface area contributed by atoms with Crippen molar-refractivity contribution in [2.75, 3.05) is 7.11 Å². The fraction of sp³-hybridized carbons (Fsp3) is 0.250. The Morgan fingerprint density at radius 2 is 1.79 bits per heavy atom. The van der Waals surface area contributed by atoms with Gasteiger partial charge < -0.3 is 9.84 Å². The predicted molar refractivity (Wildman–Crippen MR) is 114 cm³/mol. The van der Waals surface area contributed by atoms with Gasteiger partial charge in [0.2, 0.25) is 0 Å². The van der Waals surface area contributed by atoms with Gasteiger partial charge in [-0.1, -0.05) is 19.9 Å². The smallest absolute Gasteiger partial charge is 0.155 e. The number of benzene rings is 2. The van der Waals surface area contributed by atoms with Gasteiger partial charge in [-0.25, -0.2) is 0 Å². The third-order valence-electron chi connectivity index (χ3n) is 4.06. The molecule has 29 heavy (non-hydrogen) atoms. The van der Waals surface area contributed by atoms with Gasteiger partial charge in [-0.3, -0.25) is 9.78 Å². The molecule has 0 spiro atoms. The average Bonchev–Trinajstić information content (AvgIpc) is 2.60. The van der Waals surface area contributed by atoms with Crippen LogP contribution in [0.3, 0.4) is 0 Å². The summed E-state index contributed by atoms with van der Waals surface area (Å²) < 4.78 is 5.29. The van der Waals surface area contributed by atoms with E-state index in [-0.39, 0.29) is 31.6 Å². The second-order valence-corrected chi connectivity index (χ2v) is 6.86. The topological polar surface area (TPSA) is 59.4 Å². The summed E-state index contributed by atoms with van der Waals surface area (Å²) in [5.74, 6) is 0.797. The number of fused-ring (bicyclic) bond motifs is 1. The molecule has 4 nitrogen and oxygen atoms in total. The summed E-state index contributed by atoms with van der Waals surface area (Å²) >= 11 is 0. The van der Waals surface area contributed by atoms with Gasteiger partial charge >= 0.3 is 0 Å². The third kappa shape index (κ3) is 7.12. The number of hydrogen-bond donors (Lipinski definition) is 1. The molecule has 0 bridgehead atoms. The van der Waals surface area contributed by atoms with E-state index in [4.69, 9.17) is 14.8 Å². The van der Waals surface area contributed by atoms with Crippen LogP contribution in [-0.4, -0.2) is 23.0 Å². The SMILES string of the molecule is CC(=O)/C=C(/C)O.COc1ccc2nc(-c3[c-]c(C)cc(C)c3)cc(C)c2c1.[Ir]. The number of hydrogen-bond acceptors (Lipinski definition) is 4. The van der Waals surface area contributed by atoms with Crippen LogP contribution in [0, 0.1) is 26.8 Å². The number of carbonyl (C=O) groups excluding carboxylic acids is 1. The van der Waals surface area contributed by atoms with Crippen molar-refractivity contribution in [3.63, 3.8) is 0 Å². The first-order chi connectivity index (χ1) is 13.2. The first kappa shape index (κ1) is 24.5. The molecular formula is C24H26IrNO3-. The van der Waals surface area contributed by atoms with Crippen LogP contribution in [0.25, 0.3) is 22.2 Å². The first-order valence-corrected chi connectivity index (χ1v) is 9.03. The van der Waals surface area contributed by atoms with Gasteiger partial charge in [0.05, 0.1) is 18.4 Å². The maximum absolute atomic E-state index is 10.0. The molecule has 0 saturated heterocycles. The fourth-order valence-electron chi connectivity index (χ4n) is 2.97. The van der Waals surface area contributed by atoms with E-state index in [2.05, 4.69) is 45.0 Å². The Bertz CT molecular complexity index is 1020. The van der Waals surface area contributed by atoms with E-state index < -0.39 is 0 Å². The zero-order chi connectivity index (χ0) is 20.8. The predicted octanol–water partition coefficient (Wildman–Crippen LogP) is 5.67. The van der Waals surface area contributed by atoms with E-state index in [1.807, 2.05) is 18.2 Å². The van der Waals surface area contributed by atoms with Gasteiger partial charge in [-0.2, -0.15) is 0 Å². The summed E-state index contributed by atoms with van der Waals surface area (Å²) in [6, 6.07) is 15.8. The summed E-state index contributed by atoms with van der Waals surface area (Å²) in [7, 11) is 1.68. The van der Waals surface area contributed by atoms with Gasteiger partial charge in [0.25, 0.3) is 0 Å². The van der Waals surface area contributed by atoms with Gasteiger partial charge in [-0.05, 0) is 50.2 Å². The van der Waals surface area contributed by atoms with E-state index in [0.717, 1.165) is 33.5 Å². The van der Waals surface area contributed by atoms with Crippen molar-refractivity contribution in [3.05, 3.63) is 71.0 Å². The van der Waals surface area contributed by atoms with Crippen LogP contribution in [0.5, 0.6) is 5.75 Å². The van der Waals surface area contributed by atoms with Crippen molar-refractivity contribution in [2.45, 2.75) is 34.6 Å². The Hall–Kier alpha value is -2.49. The number of ketones is 1. The zero-order valence-electron chi connectivity index (χ0n) is 17.6. The number of allylic oxidation sites excluding steroid dienone is 2. The van der Waals surface area contributed by atoms with Crippen molar-refractivity contribution in [1.82, 2.24) is 4.98 Å². The summed E-state index contributed by atoms with van der Waals surface area (Å²) in [4.78, 5) is 14.8. The van der Waals surface area contributed by atoms with Gasteiger partial charge in [-0.15, -0.1) is 34.9 Å². The molecule has 3 rings (SSSR count). The number of aromatic nitrogens is 1. The first-order valence-electron chi connectivity index (χ1n) is 9.03. The standard InChI is InChI=1S/C19H18NO.C5H8O2.Ir/c1-12-7-13(2)9-15(8-12)19-10-14(3)17-11-16(21-4)5-6-18(17)20-19;1-4(6)3-5(2)7;/h5-8,10-11H,1-4H3;3,6H,1-2H3;/q-1;;/b;4-3-;. The Morgan fingerprint density at radius 1 is 1.10 bits per heavy atom.